The molecule has 0 aliphatic heterocycles. The Balaban J connectivity index is 3.31. The Labute approximate surface area is 85.6 Å². The van der Waals surface area contributed by atoms with E-state index < -0.39 is 5.97 Å². The zero-order valence-electron chi connectivity index (χ0n) is 8.65. The maximum atomic E-state index is 10.1. The molecule has 14 heavy (non-hydrogen) atoms. The summed E-state index contributed by atoms with van der Waals surface area (Å²) in [4.78, 5) is 10.1. The van der Waals surface area contributed by atoms with Crippen LogP contribution in [-0.4, -0.2) is 11.1 Å². The van der Waals surface area contributed by atoms with E-state index in [0.29, 0.717) is 0 Å². The zero-order valence-corrected chi connectivity index (χ0v) is 8.65. The molecule has 0 amide bonds. The summed E-state index contributed by atoms with van der Waals surface area (Å²) in [6, 6.07) is 0. The fraction of sp³-hybridized carbons (Fsp3) is 0.417. The van der Waals surface area contributed by atoms with Crippen molar-refractivity contribution >= 4 is 5.97 Å². The molecule has 0 rings (SSSR count). The molecule has 0 fully saturated rings. The van der Waals surface area contributed by atoms with E-state index >= 15 is 0 Å². The summed E-state index contributed by atoms with van der Waals surface area (Å²) in [6.07, 6.45) is 15.1. The van der Waals surface area contributed by atoms with Crippen LogP contribution in [-0.2, 0) is 4.79 Å². The third-order valence-corrected chi connectivity index (χ3v) is 1.66. The van der Waals surface area contributed by atoms with Gasteiger partial charge in [0.15, 0.2) is 0 Å². The summed E-state index contributed by atoms with van der Waals surface area (Å²) in [6.45, 7) is 2.01. The van der Waals surface area contributed by atoms with Crippen molar-refractivity contribution in [2.45, 2.75) is 32.6 Å². The quantitative estimate of drug-likeness (QED) is 0.383. The first-order chi connectivity index (χ1) is 6.77. The number of unbranched alkanes of at least 4 members (excludes halogenated alkanes) is 2. The van der Waals surface area contributed by atoms with Crippen molar-refractivity contribution in [3.63, 3.8) is 0 Å². The molecule has 0 radical (unpaired) electrons. The third-order valence-electron chi connectivity index (χ3n) is 1.66. The Kier molecular flexibility index (Phi) is 8.86. The Hall–Kier alpha value is -1.31. The minimum absolute atomic E-state index is 0.798. The minimum atomic E-state index is -0.873. The summed E-state index contributed by atoms with van der Waals surface area (Å²) in [5.74, 6) is -0.873. The molecule has 0 unspecified atom stereocenters. The largest absolute Gasteiger partial charge is 0.478 e. The van der Waals surface area contributed by atoms with Gasteiger partial charge in [0, 0.05) is 6.08 Å². The molecule has 0 heterocycles. The van der Waals surface area contributed by atoms with Crippen molar-refractivity contribution in [3.05, 3.63) is 36.5 Å². The van der Waals surface area contributed by atoms with E-state index in [0.717, 1.165) is 25.7 Å². The number of hydrogen-bond acceptors (Lipinski definition) is 1. The number of carboxylic acid groups (broad SMARTS) is 1. The topological polar surface area (TPSA) is 37.3 Å². The number of allylic oxidation sites excluding steroid dienone is 5. The van der Waals surface area contributed by atoms with Gasteiger partial charge in [0.05, 0.1) is 0 Å². The summed E-state index contributed by atoms with van der Waals surface area (Å²) in [7, 11) is 0. The van der Waals surface area contributed by atoms with E-state index in [-0.39, 0.29) is 0 Å². The minimum Gasteiger partial charge on any atom is -0.478 e. The van der Waals surface area contributed by atoms with Gasteiger partial charge in [-0.1, -0.05) is 30.4 Å². The van der Waals surface area contributed by atoms with Crippen LogP contribution in [0.5, 0.6) is 0 Å². The molecule has 0 bridgehead atoms. The first kappa shape index (κ1) is 12.7. The molecule has 0 aliphatic rings. The van der Waals surface area contributed by atoms with Gasteiger partial charge in [-0.2, -0.15) is 0 Å². The molecule has 0 spiro atoms. The highest BCUT2D eigenvalue weighted by Crippen LogP contribution is 1.97. The SMILES string of the molecule is CC=CCCC=CCCC=CC(=O)O. The Morgan fingerprint density at radius 1 is 1.00 bits per heavy atom. The molecule has 0 aromatic heterocycles. The smallest absolute Gasteiger partial charge is 0.327 e. The predicted molar refractivity (Wildman–Crippen MR) is 59.2 cm³/mol. The summed E-state index contributed by atoms with van der Waals surface area (Å²) >= 11 is 0. The van der Waals surface area contributed by atoms with Crippen LogP contribution in [0.4, 0.5) is 0 Å². The van der Waals surface area contributed by atoms with E-state index in [9.17, 15) is 4.79 Å². The number of carboxylic acids is 1. The molecule has 0 aliphatic carbocycles. The number of hydrogen-bond donors (Lipinski definition) is 1. The maximum absolute atomic E-state index is 10.1. The highest BCUT2D eigenvalue weighted by atomic mass is 16.4. The average molecular weight is 194 g/mol. The Bertz CT molecular complexity index is 224. The molecular formula is C12H18O2. The van der Waals surface area contributed by atoms with E-state index in [1.54, 1.807) is 6.08 Å². The van der Waals surface area contributed by atoms with Crippen molar-refractivity contribution in [1.29, 1.82) is 0 Å². The molecule has 1 N–H and O–H groups in total. The van der Waals surface area contributed by atoms with Gasteiger partial charge >= 0.3 is 5.97 Å². The Morgan fingerprint density at radius 2 is 1.50 bits per heavy atom. The molecule has 0 atom stereocenters. The van der Waals surface area contributed by atoms with Gasteiger partial charge < -0.3 is 5.11 Å². The average Bonchev–Trinajstić information content (AvgIpc) is 2.15. The second-order valence-corrected chi connectivity index (χ2v) is 2.94. The van der Waals surface area contributed by atoms with E-state index in [1.165, 1.54) is 6.08 Å². The third kappa shape index (κ3) is 10.7. The molecule has 2 nitrogen and oxygen atoms in total. The molecule has 78 valence electrons. The van der Waals surface area contributed by atoms with Crippen molar-refractivity contribution in [3.8, 4) is 0 Å². The van der Waals surface area contributed by atoms with Gasteiger partial charge in [0.25, 0.3) is 0 Å². The lowest BCUT2D eigenvalue weighted by molar-refractivity contribution is -0.131. The fourth-order valence-corrected chi connectivity index (χ4v) is 0.971. The van der Waals surface area contributed by atoms with Gasteiger partial charge in [-0.25, -0.2) is 4.79 Å². The van der Waals surface area contributed by atoms with Crippen LogP contribution in [0.25, 0.3) is 0 Å². The van der Waals surface area contributed by atoms with Gasteiger partial charge in [-0.15, -0.1) is 0 Å². The predicted octanol–water partition coefficient (Wildman–Crippen LogP) is 3.32. The van der Waals surface area contributed by atoms with E-state index in [1.807, 2.05) is 13.0 Å². The fourth-order valence-electron chi connectivity index (χ4n) is 0.971. The highest BCUT2D eigenvalue weighted by Gasteiger charge is 1.83. The van der Waals surface area contributed by atoms with Crippen molar-refractivity contribution in [2.24, 2.45) is 0 Å². The molecule has 0 saturated carbocycles. The van der Waals surface area contributed by atoms with Crippen molar-refractivity contribution < 1.29 is 9.90 Å². The zero-order chi connectivity index (χ0) is 10.6. The molecule has 2 heteroatoms. The highest BCUT2D eigenvalue weighted by molar-refractivity contribution is 5.79. The van der Waals surface area contributed by atoms with E-state index in [4.69, 9.17) is 5.11 Å². The normalized spacial score (nSPS) is 12.1. The molecule has 0 aromatic rings. The lowest BCUT2D eigenvalue weighted by Crippen LogP contribution is -1.85. The lowest BCUT2D eigenvalue weighted by atomic mass is 10.2. The van der Waals surface area contributed by atoms with Crippen LogP contribution in [0.1, 0.15) is 32.6 Å². The van der Waals surface area contributed by atoms with Crippen LogP contribution in [0.3, 0.4) is 0 Å². The number of rotatable bonds is 7. The first-order valence-electron chi connectivity index (χ1n) is 4.93. The first-order valence-corrected chi connectivity index (χ1v) is 4.93. The molecular weight excluding hydrogens is 176 g/mol. The standard InChI is InChI=1S/C12H18O2/c1-2-3-4-5-6-7-8-9-10-11-12(13)14/h2-3,6-7,10-11H,4-5,8-9H2,1H3,(H,13,14). The molecule has 0 saturated heterocycles. The Morgan fingerprint density at radius 3 is 2.00 bits per heavy atom. The van der Waals surface area contributed by atoms with Crippen LogP contribution < -0.4 is 0 Å². The number of carbonyl (C=O) groups is 1. The summed E-state index contributed by atoms with van der Waals surface area (Å²) in [5, 5.41) is 8.30. The number of aliphatic carboxylic acids is 1. The van der Waals surface area contributed by atoms with Crippen LogP contribution >= 0.6 is 0 Å². The van der Waals surface area contributed by atoms with E-state index in [2.05, 4.69) is 18.2 Å². The maximum Gasteiger partial charge on any atom is 0.327 e. The van der Waals surface area contributed by atoms with Gasteiger partial charge in [-0.05, 0) is 32.6 Å². The van der Waals surface area contributed by atoms with Crippen molar-refractivity contribution in [2.75, 3.05) is 0 Å². The summed E-state index contributed by atoms with van der Waals surface area (Å²) in [5.41, 5.74) is 0. The summed E-state index contributed by atoms with van der Waals surface area (Å²) < 4.78 is 0. The second kappa shape index (κ2) is 9.78. The van der Waals surface area contributed by atoms with Crippen molar-refractivity contribution in [1.82, 2.24) is 0 Å². The van der Waals surface area contributed by atoms with Crippen LogP contribution in [0.2, 0.25) is 0 Å². The molecule has 0 aromatic carbocycles. The second-order valence-electron chi connectivity index (χ2n) is 2.94. The van der Waals surface area contributed by atoms with Crippen LogP contribution in [0.15, 0.2) is 36.5 Å². The lowest BCUT2D eigenvalue weighted by Gasteiger charge is -1.87. The monoisotopic (exact) mass is 194 g/mol. The van der Waals surface area contributed by atoms with Gasteiger partial charge in [0.2, 0.25) is 0 Å². The van der Waals surface area contributed by atoms with Gasteiger partial charge in [0.1, 0.15) is 0 Å². The van der Waals surface area contributed by atoms with Gasteiger partial charge in [-0.3, -0.25) is 0 Å². The van der Waals surface area contributed by atoms with Crippen LogP contribution in [0, 0.1) is 0 Å².